The Balaban J connectivity index is 1.87. The third-order valence-electron chi connectivity index (χ3n) is 3.55. The second kappa shape index (κ2) is 7.51. The van der Waals surface area contributed by atoms with Gasteiger partial charge >= 0.3 is 0 Å². The van der Waals surface area contributed by atoms with Gasteiger partial charge in [-0.1, -0.05) is 18.2 Å². The van der Waals surface area contributed by atoms with Crippen LogP contribution in [0.5, 0.6) is 5.75 Å². The summed E-state index contributed by atoms with van der Waals surface area (Å²) in [4.78, 5) is 0. The third kappa shape index (κ3) is 4.78. The van der Waals surface area contributed by atoms with Crippen LogP contribution in [0.3, 0.4) is 0 Å². The molecular formula is C18H22BrNO. The summed E-state index contributed by atoms with van der Waals surface area (Å²) < 4.78 is 6.30. The highest BCUT2D eigenvalue weighted by atomic mass is 79.9. The van der Waals surface area contributed by atoms with Crippen molar-refractivity contribution >= 4 is 21.6 Å². The first-order chi connectivity index (χ1) is 10.1. The van der Waals surface area contributed by atoms with Gasteiger partial charge in [-0.3, -0.25) is 0 Å². The van der Waals surface area contributed by atoms with Gasteiger partial charge in [-0.25, -0.2) is 0 Å². The molecule has 3 heteroatoms. The number of halogens is 1. The molecular weight excluding hydrogens is 326 g/mol. The molecule has 1 atom stereocenters. The van der Waals surface area contributed by atoms with Crippen molar-refractivity contribution in [3.05, 3.63) is 58.1 Å². The quantitative estimate of drug-likeness (QED) is 0.775. The number of ether oxygens (including phenoxy) is 1. The number of methoxy groups -OCH3 is 1. The highest BCUT2D eigenvalue weighted by molar-refractivity contribution is 9.10. The zero-order valence-corrected chi connectivity index (χ0v) is 14.4. The summed E-state index contributed by atoms with van der Waals surface area (Å²) in [5.41, 5.74) is 3.76. The molecule has 0 aromatic heterocycles. The van der Waals surface area contributed by atoms with E-state index < -0.39 is 0 Å². The fraction of sp³-hybridized carbons (Fsp3) is 0.333. The molecule has 2 rings (SSSR count). The predicted octanol–water partition coefficient (Wildman–Crippen LogP) is 5.20. The summed E-state index contributed by atoms with van der Waals surface area (Å²) in [5, 5.41) is 3.56. The van der Waals surface area contributed by atoms with Crippen molar-refractivity contribution in [3.63, 3.8) is 0 Å². The summed E-state index contributed by atoms with van der Waals surface area (Å²) in [6.45, 7) is 4.32. The van der Waals surface area contributed by atoms with Gasteiger partial charge in [-0.15, -0.1) is 0 Å². The van der Waals surface area contributed by atoms with Crippen molar-refractivity contribution in [2.75, 3.05) is 12.4 Å². The van der Waals surface area contributed by atoms with Gasteiger partial charge in [0.25, 0.3) is 0 Å². The number of benzene rings is 2. The number of rotatable bonds is 6. The predicted molar refractivity (Wildman–Crippen MR) is 93.3 cm³/mol. The van der Waals surface area contributed by atoms with E-state index in [1.807, 2.05) is 12.1 Å². The molecule has 0 fully saturated rings. The Bertz CT molecular complexity index is 580. The van der Waals surface area contributed by atoms with Crippen molar-refractivity contribution in [2.24, 2.45) is 0 Å². The second-order valence-corrected chi connectivity index (χ2v) is 6.27. The van der Waals surface area contributed by atoms with E-state index in [1.54, 1.807) is 7.11 Å². The summed E-state index contributed by atoms with van der Waals surface area (Å²) in [6, 6.07) is 15.1. The molecule has 2 aromatic carbocycles. The van der Waals surface area contributed by atoms with Crippen LogP contribution in [0.4, 0.5) is 5.69 Å². The molecule has 0 bridgehead atoms. The van der Waals surface area contributed by atoms with Crippen LogP contribution in [0.2, 0.25) is 0 Å². The molecule has 0 saturated carbocycles. The van der Waals surface area contributed by atoms with Crippen LogP contribution >= 0.6 is 15.9 Å². The van der Waals surface area contributed by atoms with E-state index in [4.69, 9.17) is 4.74 Å². The van der Waals surface area contributed by atoms with E-state index >= 15 is 0 Å². The van der Waals surface area contributed by atoms with Crippen molar-refractivity contribution in [1.29, 1.82) is 0 Å². The summed E-state index contributed by atoms with van der Waals surface area (Å²) in [6.07, 6.45) is 2.15. The van der Waals surface area contributed by atoms with E-state index in [1.165, 1.54) is 11.1 Å². The fourth-order valence-electron chi connectivity index (χ4n) is 2.25. The van der Waals surface area contributed by atoms with Crippen LogP contribution in [0.25, 0.3) is 0 Å². The Kier molecular flexibility index (Phi) is 5.68. The Morgan fingerprint density at radius 2 is 1.86 bits per heavy atom. The number of aryl methyl sites for hydroxylation is 2. The van der Waals surface area contributed by atoms with Crippen molar-refractivity contribution in [1.82, 2.24) is 0 Å². The lowest BCUT2D eigenvalue weighted by atomic mass is 10.1. The number of hydrogen-bond acceptors (Lipinski definition) is 2. The smallest absolute Gasteiger partial charge is 0.118 e. The van der Waals surface area contributed by atoms with Crippen LogP contribution in [0.1, 0.15) is 24.5 Å². The van der Waals surface area contributed by atoms with Gasteiger partial charge in [-0.05, 0) is 78.0 Å². The largest absolute Gasteiger partial charge is 0.497 e. The molecule has 112 valence electrons. The van der Waals surface area contributed by atoms with Crippen LogP contribution in [-0.2, 0) is 6.42 Å². The van der Waals surface area contributed by atoms with Crippen LogP contribution in [0.15, 0.2) is 46.9 Å². The molecule has 21 heavy (non-hydrogen) atoms. The topological polar surface area (TPSA) is 21.3 Å². The molecule has 2 nitrogen and oxygen atoms in total. The maximum atomic E-state index is 5.18. The summed E-state index contributed by atoms with van der Waals surface area (Å²) >= 11 is 3.61. The van der Waals surface area contributed by atoms with E-state index in [0.717, 1.165) is 28.8 Å². The summed E-state index contributed by atoms with van der Waals surface area (Å²) in [7, 11) is 1.69. The van der Waals surface area contributed by atoms with Gasteiger partial charge in [0.2, 0.25) is 0 Å². The molecule has 1 N–H and O–H groups in total. The van der Waals surface area contributed by atoms with Gasteiger partial charge < -0.3 is 10.1 Å². The van der Waals surface area contributed by atoms with E-state index in [2.05, 4.69) is 65.4 Å². The minimum absolute atomic E-state index is 0.422. The van der Waals surface area contributed by atoms with E-state index in [0.29, 0.717) is 6.04 Å². The lowest BCUT2D eigenvalue weighted by Crippen LogP contribution is -2.16. The van der Waals surface area contributed by atoms with Gasteiger partial charge in [0.05, 0.1) is 7.11 Å². The average Bonchev–Trinajstić information content (AvgIpc) is 2.48. The van der Waals surface area contributed by atoms with Gasteiger partial charge in [-0.2, -0.15) is 0 Å². The molecule has 0 amide bonds. The third-order valence-corrected chi connectivity index (χ3v) is 4.21. The minimum atomic E-state index is 0.422. The first kappa shape index (κ1) is 15.9. The van der Waals surface area contributed by atoms with Crippen molar-refractivity contribution in [2.45, 2.75) is 32.7 Å². The molecule has 0 aliphatic heterocycles. The molecule has 0 radical (unpaired) electrons. The SMILES string of the molecule is COc1ccc(CCC(C)Nc2ccc(C)cc2Br)cc1. The minimum Gasteiger partial charge on any atom is -0.497 e. The zero-order valence-electron chi connectivity index (χ0n) is 12.8. The molecule has 0 heterocycles. The standard InChI is InChI=1S/C18H22BrNO/c1-13-4-11-18(17(19)12-13)20-14(2)5-6-15-7-9-16(21-3)10-8-15/h4,7-12,14,20H,5-6H2,1-3H3. The highest BCUT2D eigenvalue weighted by Gasteiger charge is 2.06. The number of anilines is 1. The van der Waals surface area contributed by atoms with Gasteiger partial charge in [0, 0.05) is 16.2 Å². The van der Waals surface area contributed by atoms with E-state index in [9.17, 15) is 0 Å². The Morgan fingerprint density at radius 3 is 2.48 bits per heavy atom. The Hall–Kier alpha value is -1.48. The number of nitrogens with one attached hydrogen (secondary N) is 1. The second-order valence-electron chi connectivity index (χ2n) is 5.42. The molecule has 2 aromatic rings. The number of hydrogen-bond donors (Lipinski definition) is 1. The zero-order chi connectivity index (χ0) is 15.2. The maximum Gasteiger partial charge on any atom is 0.118 e. The monoisotopic (exact) mass is 347 g/mol. The lowest BCUT2D eigenvalue weighted by Gasteiger charge is -2.17. The normalized spacial score (nSPS) is 12.0. The lowest BCUT2D eigenvalue weighted by molar-refractivity contribution is 0.414. The highest BCUT2D eigenvalue weighted by Crippen LogP contribution is 2.24. The van der Waals surface area contributed by atoms with Gasteiger partial charge in [0.15, 0.2) is 0 Å². The molecule has 0 spiro atoms. The van der Waals surface area contributed by atoms with Crippen molar-refractivity contribution < 1.29 is 4.74 Å². The van der Waals surface area contributed by atoms with E-state index in [-0.39, 0.29) is 0 Å². The van der Waals surface area contributed by atoms with Crippen LogP contribution in [-0.4, -0.2) is 13.2 Å². The molecule has 1 unspecified atom stereocenters. The molecule has 0 saturated heterocycles. The van der Waals surface area contributed by atoms with Gasteiger partial charge in [0.1, 0.15) is 5.75 Å². The molecule has 0 aliphatic carbocycles. The van der Waals surface area contributed by atoms with Crippen LogP contribution in [0, 0.1) is 6.92 Å². The van der Waals surface area contributed by atoms with Crippen LogP contribution < -0.4 is 10.1 Å². The first-order valence-corrected chi connectivity index (χ1v) is 8.03. The maximum absolute atomic E-state index is 5.18. The fourth-order valence-corrected chi connectivity index (χ4v) is 2.86. The first-order valence-electron chi connectivity index (χ1n) is 7.24. The van der Waals surface area contributed by atoms with Crippen molar-refractivity contribution in [3.8, 4) is 5.75 Å². The Morgan fingerprint density at radius 1 is 1.14 bits per heavy atom. The summed E-state index contributed by atoms with van der Waals surface area (Å²) in [5.74, 6) is 0.911. The Labute approximate surface area is 135 Å². The average molecular weight is 348 g/mol. The molecule has 0 aliphatic rings.